The quantitative estimate of drug-likeness (QED) is 0.873. The fourth-order valence-electron chi connectivity index (χ4n) is 1.59. The van der Waals surface area contributed by atoms with Crippen LogP contribution in [-0.4, -0.2) is 34.6 Å². The average Bonchev–Trinajstić information content (AvgIpc) is 2.45. The number of carbonyl (C=O) groups is 1. The molecule has 2 aromatic rings. The molecule has 0 aliphatic carbocycles. The number of nitrogens with zero attached hydrogens (tertiary/aromatic N) is 3. The van der Waals surface area contributed by atoms with Gasteiger partial charge in [-0.2, -0.15) is 0 Å². The number of carboxylic acids is 1. The molecule has 6 nitrogen and oxygen atoms in total. The van der Waals surface area contributed by atoms with Crippen LogP contribution in [0.25, 0.3) is 0 Å². The van der Waals surface area contributed by atoms with Crippen LogP contribution in [0, 0.1) is 0 Å². The number of anilines is 3. The number of aliphatic carboxylic acids is 1. The average molecular weight is 337 g/mol. The van der Waals surface area contributed by atoms with Gasteiger partial charge in [-0.15, -0.1) is 0 Å². The van der Waals surface area contributed by atoms with Crippen LogP contribution in [0.5, 0.6) is 0 Å². The molecule has 20 heavy (non-hydrogen) atoms. The van der Waals surface area contributed by atoms with Crippen LogP contribution in [0.1, 0.15) is 0 Å². The van der Waals surface area contributed by atoms with Crippen molar-refractivity contribution in [2.24, 2.45) is 0 Å². The Kier molecular flexibility index (Phi) is 4.52. The van der Waals surface area contributed by atoms with Gasteiger partial charge in [0.25, 0.3) is 0 Å². The van der Waals surface area contributed by atoms with Gasteiger partial charge in [-0.1, -0.05) is 15.9 Å². The number of hydrogen-bond donors (Lipinski definition) is 2. The molecule has 1 aromatic heterocycles. The van der Waals surface area contributed by atoms with Gasteiger partial charge < -0.3 is 15.3 Å². The smallest absolute Gasteiger partial charge is 0.322 e. The molecule has 0 saturated heterocycles. The van der Waals surface area contributed by atoms with E-state index in [1.807, 2.05) is 36.2 Å². The van der Waals surface area contributed by atoms with E-state index in [1.54, 1.807) is 6.07 Å². The second kappa shape index (κ2) is 6.33. The Labute approximate surface area is 124 Å². The molecule has 2 rings (SSSR count). The highest BCUT2D eigenvalue weighted by molar-refractivity contribution is 9.10. The Morgan fingerprint density at radius 3 is 2.70 bits per heavy atom. The SMILES string of the molecule is CN(c1ccc(Br)cc1)c1cc(NCC(=O)O)ncn1. The Morgan fingerprint density at radius 1 is 1.35 bits per heavy atom. The number of carboxylic acid groups (broad SMARTS) is 1. The zero-order chi connectivity index (χ0) is 14.5. The first-order valence-corrected chi connectivity index (χ1v) is 6.62. The summed E-state index contributed by atoms with van der Waals surface area (Å²) in [5.74, 6) is 0.211. The van der Waals surface area contributed by atoms with Crippen LogP contribution in [0.4, 0.5) is 17.3 Å². The fourth-order valence-corrected chi connectivity index (χ4v) is 1.85. The van der Waals surface area contributed by atoms with Gasteiger partial charge in [0.15, 0.2) is 0 Å². The van der Waals surface area contributed by atoms with Gasteiger partial charge in [0.1, 0.15) is 24.5 Å². The Morgan fingerprint density at radius 2 is 2.05 bits per heavy atom. The predicted molar refractivity (Wildman–Crippen MR) is 80.4 cm³/mol. The maximum absolute atomic E-state index is 10.5. The molecule has 0 atom stereocenters. The van der Waals surface area contributed by atoms with Crippen molar-refractivity contribution >= 4 is 39.2 Å². The highest BCUT2D eigenvalue weighted by Gasteiger charge is 2.07. The molecule has 0 saturated carbocycles. The van der Waals surface area contributed by atoms with Crippen molar-refractivity contribution in [3.63, 3.8) is 0 Å². The van der Waals surface area contributed by atoms with Gasteiger partial charge >= 0.3 is 5.97 Å². The van der Waals surface area contributed by atoms with E-state index >= 15 is 0 Å². The lowest BCUT2D eigenvalue weighted by Gasteiger charge is -2.18. The Balaban J connectivity index is 2.17. The molecular formula is C13H13BrN4O2. The van der Waals surface area contributed by atoms with Crippen molar-refractivity contribution in [2.75, 3.05) is 23.8 Å². The molecule has 7 heteroatoms. The van der Waals surface area contributed by atoms with Crippen LogP contribution in [0.2, 0.25) is 0 Å². The summed E-state index contributed by atoms with van der Waals surface area (Å²) in [6, 6.07) is 9.49. The summed E-state index contributed by atoms with van der Waals surface area (Å²) in [4.78, 5) is 20.6. The third-order valence-corrected chi connectivity index (χ3v) is 3.16. The molecule has 0 fully saturated rings. The Bertz CT molecular complexity index is 604. The number of aromatic nitrogens is 2. The summed E-state index contributed by atoms with van der Waals surface area (Å²) in [7, 11) is 1.88. The van der Waals surface area contributed by atoms with Crippen LogP contribution in [0.3, 0.4) is 0 Å². The molecule has 2 N–H and O–H groups in total. The maximum Gasteiger partial charge on any atom is 0.322 e. The van der Waals surface area contributed by atoms with Crippen molar-refractivity contribution in [3.8, 4) is 0 Å². The van der Waals surface area contributed by atoms with Crippen LogP contribution < -0.4 is 10.2 Å². The minimum atomic E-state index is -0.938. The minimum absolute atomic E-state index is 0.182. The molecule has 0 spiro atoms. The van der Waals surface area contributed by atoms with E-state index in [-0.39, 0.29) is 6.54 Å². The standard InChI is InChI=1S/C13H13BrN4O2/c1-18(10-4-2-9(14)3-5-10)12-6-11(16-8-17-12)15-7-13(19)20/h2-6,8H,7H2,1H3,(H,19,20)(H,15,16,17). The third-order valence-electron chi connectivity index (χ3n) is 2.63. The predicted octanol–water partition coefficient (Wildman–Crippen LogP) is 2.50. The molecular weight excluding hydrogens is 324 g/mol. The highest BCUT2D eigenvalue weighted by Crippen LogP contribution is 2.24. The lowest BCUT2D eigenvalue weighted by Crippen LogP contribution is -2.15. The molecule has 0 radical (unpaired) electrons. The first-order valence-electron chi connectivity index (χ1n) is 5.83. The van der Waals surface area contributed by atoms with E-state index in [9.17, 15) is 4.79 Å². The summed E-state index contributed by atoms with van der Waals surface area (Å²) in [6.07, 6.45) is 1.40. The summed E-state index contributed by atoms with van der Waals surface area (Å²) in [5.41, 5.74) is 0.969. The molecule has 0 aliphatic rings. The largest absolute Gasteiger partial charge is 0.480 e. The number of hydrogen-bond acceptors (Lipinski definition) is 5. The van der Waals surface area contributed by atoms with Crippen molar-refractivity contribution in [1.82, 2.24) is 9.97 Å². The number of halogens is 1. The molecule has 104 valence electrons. The van der Waals surface area contributed by atoms with E-state index in [1.165, 1.54) is 6.33 Å². The highest BCUT2D eigenvalue weighted by atomic mass is 79.9. The molecule has 0 unspecified atom stereocenters. The van der Waals surface area contributed by atoms with E-state index in [4.69, 9.17) is 5.11 Å². The molecule has 0 aliphatic heterocycles. The first kappa shape index (κ1) is 14.3. The summed E-state index contributed by atoms with van der Waals surface area (Å²) >= 11 is 3.39. The summed E-state index contributed by atoms with van der Waals surface area (Å²) < 4.78 is 1.00. The van der Waals surface area contributed by atoms with Gasteiger partial charge in [-0.25, -0.2) is 9.97 Å². The maximum atomic E-state index is 10.5. The van der Waals surface area contributed by atoms with Gasteiger partial charge in [0.05, 0.1) is 0 Å². The molecule has 0 amide bonds. The number of benzene rings is 1. The lowest BCUT2D eigenvalue weighted by molar-refractivity contribution is -0.134. The monoisotopic (exact) mass is 336 g/mol. The third kappa shape index (κ3) is 3.67. The van der Waals surface area contributed by atoms with Crippen molar-refractivity contribution < 1.29 is 9.90 Å². The van der Waals surface area contributed by atoms with Gasteiger partial charge in [0.2, 0.25) is 0 Å². The Hall–Kier alpha value is -2.15. The molecule has 1 aromatic carbocycles. The zero-order valence-corrected chi connectivity index (χ0v) is 12.3. The van der Waals surface area contributed by atoms with Crippen LogP contribution >= 0.6 is 15.9 Å². The first-order chi connectivity index (χ1) is 9.56. The van der Waals surface area contributed by atoms with Crippen molar-refractivity contribution in [2.45, 2.75) is 0 Å². The van der Waals surface area contributed by atoms with Gasteiger partial charge in [0, 0.05) is 23.3 Å². The second-order valence-electron chi connectivity index (χ2n) is 4.04. The van der Waals surface area contributed by atoms with Crippen molar-refractivity contribution in [1.29, 1.82) is 0 Å². The molecule has 0 bridgehead atoms. The summed E-state index contributed by atoms with van der Waals surface area (Å²) in [6.45, 7) is -0.182. The van der Waals surface area contributed by atoms with Gasteiger partial charge in [-0.05, 0) is 24.3 Å². The zero-order valence-electron chi connectivity index (χ0n) is 10.7. The van der Waals surface area contributed by atoms with Crippen LogP contribution in [-0.2, 0) is 4.79 Å². The van der Waals surface area contributed by atoms with E-state index < -0.39 is 5.97 Å². The summed E-state index contributed by atoms with van der Waals surface area (Å²) in [5, 5.41) is 11.4. The van der Waals surface area contributed by atoms with E-state index in [2.05, 4.69) is 31.2 Å². The van der Waals surface area contributed by atoms with E-state index in [0.29, 0.717) is 11.6 Å². The van der Waals surface area contributed by atoms with Crippen LogP contribution in [0.15, 0.2) is 41.1 Å². The molecule has 1 heterocycles. The fraction of sp³-hybridized carbons (Fsp3) is 0.154. The topological polar surface area (TPSA) is 78.4 Å². The normalized spacial score (nSPS) is 10.1. The minimum Gasteiger partial charge on any atom is -0.480 e. The lowest BCUT2D eigenvalue weighted by atomic mass is 10.3. The number of nitrogens with one attached hydrogen (secondary N) is 1. The number of rotatable bonds is 5. The van der Waals surface area contributed by atoms with Crippen molar-refractivity contribution in [3.05, 3.63) is 41.1 Å². The van der Waals surface area contributed by atoms with E-state index in [0.717, 1.165) is 10.2 Å². The second-order valence-corrected chi connectivity index (χ2v) is 4.96. The van der Waals surface area contributed by atoms with Gasteiger partial charge in [-0.3, -0.25) is 4.79 Å².